The van der Waals surface area contributed by atoms with Crippen LogP contribution >= 0.6 is 0 Å². The number of hydrogen-bond acceptors (Lipinski definition) is 3. The molecule has 0 atom stereocenters. The number of piperidine rings is 1. The van der Waals surface area contributed by atoms with Crippen molar-refractivity contribution < 1.29 is 14.6 Å². The van der Waals surface area contributed by atoms with E-state index in [1.165, 1.54) is 0 Å². The van der Waals surface area contributed by atoms with Crippen molar-refractivity contribution in [3.8, 4) is 0 Å². The van der Waals surface area contributed by atoms with Gasteiger partial charge in [0.15, 0.2) is 0 Å². The normalized spacial score (nSPS) is 19.1. The summed E-state index contributed by atoms with van der Waals surface area (Å²) < 4.78 is 5.42. The van der Waals surface area contributed by atoms with Gasteiger partial charge in [-0.2, -0.15) is 0 Å². The molecule has 1 fully saturated rings. The van der Waals surface area contributed by atoms with Crippen LogP contribution in [0.1, 0.15) is 46.0 Å². The largest absolute Gasteiger partial charge is 0.481 e. The summed E-state index contributed by atoms with van der Waals surface area (Å²) in [5.74, 6) is -0.0629. The van der Waals surface area contributed by atoms with Crippen LogP contribution < -0.4 is 0 Å². The molecule has 0 bridgehead atoms. The molecule has 1 aliphatic rings. The van der Waals surface area contributed by atoms with Crippen molar-refractivity contribution in [2.45, 2.75) is 51.6 Å². The summed E-state index contributed by atoms with van der Waals surface area (Å²) in [6.45, 7) is 7.51. The van der Waals surface area contributed by atoms with Gasteiger partial charge in [-0.05, 0) is 58.5 Å². The number of hydrogen-bond donors (Lipinski definition) is 1. The summed E-state index contributed by atoms with van der Waals surface area (Å²) in [7, 11) is 1.76. The lowest BCUT2D eigenvalue weighted by molar-refractivity contribution is -0.137. The molecule has 1 N–H and O–H groups in total. The average Bonchev–Trinajstić information content (AvgIpc) is 2.35. The quantitative estimate of drug-likeness (QED) is 0.760. The van der Waals surface area contributed by atoms with Crippen LogP contribution in [0.15, 0.2) is 0 Å². The maximum Gasteiger partial charge on any atom is 0.303 e. The van der Waals surface area contributed by atoms with Gasteiger partial charge in [0.1, 0.15) is 0 Å². The number of aliphatic carboxylic acids is 1. The first kappa shape index (κ1) is 15.4. The fraction of sp³-hybridized carbons (Fsp3) is 0.929. The zero-order chi connectivity index (χ0) is 13.6. The number of carboxylic acids is 1. The highest BCUT2D eigenvalue weighted by molar-refractivity contribution is 5.66. The fourth-order valence-corrected chi connectivity index (χ4v) is 2.36. The highest BCUT2D eigenvalue weighted by atomic mass is 16.5. The molecule has 0 aromatic carbocycles. The summed E-state index contributed by atoms with van der Waals surface area (Å²) in [5.41, 5.74) is -0.0415. The number of ether oxygens (including phenoxy) is 1. The highest BCUT2D eigenvalue weighted by Crippen LogP contribution is 2.23. The van der Waals surface area contributed by atoms with Gasteiger partial charge in [0.2, 0.25) is 0 Å². The number of carbonyl (C=O) groups is 1. The smallest absolute Gasteiger partial charge is 0.303 e. The molecule has 4 heteroatoms. The molecule has 106 valence electrons. The van der Waals surface area contributed by atoms with Crippen LogP contribution in [0, 0.1) is 5.92 Å². The van der Waals surface area contributed by atoms with Crippen LogP contribution in [0.2, 0.25) is 0 Å². The predicted octanol–water partition coefficient (Wildman–Crippen LogP) is 2.38. The molecular formula is C14H27NO3. The van der Waals surface area contributed by atoms with Gasteiger partial charge in [0.25, 0.3) is 0 Å². The van der Waals surface area contributed by atoms with Gasteiger partial charge in [0, 0.05) is 20.1 Å². The summed E-state index contributed by atoms with van der Waals surface area (Å²) in [6, 6.07) is 0. The Balaban J connectivity index is 2.17. The van der Waals surface area contributed by atoms with Crippen LogP contribution in [0.25, 0.3) is 0 Å². The molecule has 1 rings (SSSR count). The zero-order valence-corrected chi connectivity index (χ0v) is 11.9. The lowest BCUT2D eigenvalue weighted by atomic mass is 9.92. The van der Waals surface area contributed by atoms with Gasteiger partial charge in [-0.25, -0.2) is 0 Å². The number of rotatable bonds is 7. The molecule has 0 unspecified atom stereocenters. The molecule has 0 aromatic heterocycles. The Hall–Kier alpha value is -0.610. The summed E-state index contributed by atoms with van der Waals surface area (Å²) in [4.78, 5) is 13.0. The first-order valence-corrected chi connectivity index (χ1v) is 6.92. The minimum Gasteiger partial charge on any atom is -0.481 e. The van der Waals surface area contributed by atoms with E-state index >= 15 is 0 Å². The van der Waals surface area contributed by atoms with Crippen molar-refractivity contribution in [1.29, 1.82) is 0 Å². The lowest BCUT2D eigenvalue weighted by Gasteiger charge is -2.34. The Bertz CT molecular complexity index is 258. The molecule has 1 aliphatic heterocycles. The molecule has 1 heterocycles. The number of likely N-dealkylation sites (tertiary alicyclic amines) is 1. The van der Waals surface area contributed by atoms with Gasteiger partial charge >= 0.3 is 5.97 Å². The first-order valence-electron chi connectivity index (χ1n) is 6.92. The van der Waals surface area contributed by atoms with Crippen molar-refractivity contribution >= 4 is 5.97 Å². The summed E-state index contributed by atoms with van der Waals surface area (Å²) in [6.07, 6.45) is 4.48. The van der Waals surface area contributed by atoms with Gasteiger partial charge < -0.3 is 14.7 Å². The first-order chi connectivity index (χ1) is 8.43. The van der Waals surface area contributed by atoms with Crippen LogP contribution in [-0.2, 0) is 9.53 Å². The van der Waals surface area contributed by atoms with Gasteiger partial charge in [0.05, 0.1) is 5.60 Å². The van der Waals surface area contributed by atoms with Gasteiger partial charge in [-0.15, -0.1) is 0 Å². The van der Waals surface area contributed by atoms with E-state index in [2.05, 4.69) is 18.7 Å². The SMILES string of the molecule is COC(C)(C)CCN1CCC(CCC(=O)O)CC1. The van der Waals surface area contributed by atoms with Gasteiger partial charge in [-0.3, -0.25) is 4.79 Å². The highest BCUT2D eigenvalue weighted by Gasteiger charge is 2.22. The molecule has 0 spiro atoms. The van der Waals surface area contributed by atoms with Crippen LogP contribution in [0.3, 0.4) is 0 Å². The Kier molecular flexibility index (Phi) is 6.09. The minimum atomic E-state index is -0.667. The molecule has 1 saturated heterocycles. The third kappa shape index (κ3) is 5.83. The molecule has 4 nitrogen and oxygen atoms in total. The number of carboxylic acid groups (broad SMARTS) is 1. The minimum absolute atomic E-state index is 0.0415. The van der Waals surface area contributed by atoms with E-state index in [1.54, 1.807) is 7.11 Å². The fourth-order valence-electron chi connectivity index (χ4n) is 2.36. The molecule has 0 radical (unpaired) electrons. The zero-order valence-electron chi connectivity index (χ0n) is 11.9. The van der Waals surface area contributed by atoms with Crippen molar-refractivity contribution in [1.82, 2.24) is 4.90 Å². The van der Waals surface area contributed by atoms with E-state index < -0.39 is 5.97 Å². The lowest BCUT2D eigenvalue weighted by Crippen LogP contribution is -2.37. The molecule has 0 aromatic rings. The standard InChI is InChI=1S/C14H27NO3/c1-14(2,18-3)8-11-15-9-6-12(7-10-15)4-5-13(16)17/h12H,4-11H2,1-3H3,(H,16,17). The molecule has 0 aliphatic carbocycles. The second-order valence-electron chi connectivity index (χ2n) is 5.93. The molecule has 0 saturated carbocycles. The van der Waals surface area contributed by atoms with Crippen molar-refractivity contribution in [2.24, 2.45) is 5.92 Å². The van der Waals surface area contributed by atoms with Crippen LogP contribution in [-0.4, -0.2) is 48.3 Å². The third-order valence-corrected chi connectivity index (χ3v) is 4.06. The monoisotopic (exact) mass is 257 g/mol. The van der Waals surface area contributed by atoms with E-state index in [9.17, 15) is 4.79 Å². The molecule has 18 heavy (non-hydrogen) atoms. The van der Waals surface area contributed by atoms with Crippen LogP contribution in [0.4, 0.5) is 0 Å². The third-order valence-electron chi connectivity index (χ3n) is 4.06. The second kappa shape index (κ2) is 7.10. The van der Waals surface area contributed by atoms with Crippen molar-refractivity contribution in [3.63, 3.8) is 0 Å². The van der Waals surface area contributed by atoms with E-state index in [0.717, 1.165) is 45.3 Å². The van der Waals surface area contributed by atoms with Crippen molar-refractivity contribution in [3.05, 3.63) is 0 Å². The van der Waals surface area contributed by atoms with E-state index in [0.29, 0.717) is 12.3 Å². The Labute approximate surface area is 110 Å². The Morgan fingerprint density at radius 3 is 2.50 bits per heavy atom. The molecular weight excluding hydrogens is 230 g/mol. The predicted molar refractivity (Wildman–Crippen MR) is 71.7 cm³/mol. The maximum absolute atomic E-state index is 10.5. The van der Waals surface area contributed by atoms with Gasteiger partial charge in [-0.1, -0.05) is 0 Å². The Morgan fingerprint density at radius 2 is 2.00 bits per heavy atom. The second-order valence-corrected chi connectivity index (χ2v) is 5.93. The number of nitrogens with zero attached hydrogens (tertiary/aromatic N) is 1. The number of methoxy groups -OCH3 is 1. The van der Waals surface area contributed by atoms with E-state index in [4.69, 9.17) is 9.84 Å². The molecule has 0 amide bonds. The maximum atomic E-state index is 10.5. The average molecular weight is 257 g/mol. The van der Waals surface area contributed by atoms with E-state index in [-0.39, 0.29) is 5.60 Å². The summed E-state index contributed by atoms with van der Waals surface area (Å²) >= 11 is 0. The Morgan fingerprint density at radius 1 is 1.39 bits per heavy atom. The van der Waals surface area contributed by atoms with Crippen LogP contribution in [0.5, 0.6) is 0 Å². The van der Waals surface area contributed by atoms with Crippen molar-refractivity contribution in [2.75, 3.05) is 26.7 Å². The van der Waals surface area contributed by atoms with E-state index in [1.807, 2.05) is 0 Å². The topological polar surface area (TPSA) is 49.8 Å². The summed E-state index contributed by atoms with van der Waals surface area (Å²) in [5, 5.41) is 8.67.